The van der Waals surface area contributed by atoms with Crippen LogP contribution in [0.3, 0.4) is 0 Å². The molecule has 0 aliphatic carbocycles. The number of carbonyl (C=O) groups excluding carboxylic acids is 1. The van der Waals surface area contributed by atoms with Gasteiger partial charge in [-0.15, -0.1) is 11.3 Å². The summed E-state index contributed by atoms with van der Waals surface area (Å²) in [6, 6.07) is 7.33. The van der Waals surface area contributed by atoms with Crippen molar-refractivity contribution < 1.29 is 4.79 Å². The second kappa shape index (κ2) is 4.04. The monoisotopic (exact) mass is 237 g/mol. The van der Waals surface area contributed by atoms with E-state index in [0.29, 0.717) is 15.6 Å². The Hall–Kier alpha value is -1.32. The van der Waals surface area contributed by atoms with Crippen LogP contribution in [0.4, 0.5) is 5.00 Å². The molecule has 1 heterocycles. The smallest absolute Gasteiger partial charge is 0.153 e. The third kappa shape index (κ3) is 1.89. The van der Waals surface area contributed by atoms with Crippen LogP contribution in [0.5, 0.6) is 0 Å². The fourth-order valence-corrected chi connectivity index (χ4v) is 2.28. The fourth-order valence-electron chi connectivity index (χ4n) is 1.36. The van der Waals surface area contributed by atoms with Gasteiger partial charge in [-0.05, 0) is 17.7 Å². The van der Waals surface area contributed by atoms with E-state index in [4.69, 9.17) is 17.3 Å². The molecule has 15 heavy (non-hydrogen) atoms. The number of aldehydes is 1. The van der Waals surface area contributed by atoms with Gasteiger partial charge in [0.25, 0.3) is 0 Å². The highest BCUT2D eigenvalue weighted by Gasteiger charge is 2.09. The number of thiophene rings is 1. The average Bonchev–Trinajstić information content (AvgIpc) is 2.61. The summed E-state index contributed by atoms with van der Waals surface area (Å²) < 4.78 is 0. The molecule has 0 unspecified atom stereocenters. The summed E-state index contributed by atoms with van der Waals surface area (Å²) in [6.45, 7) is 0. The minimum absolute atomic E-state index is 0.551. The first kappa shape index (κ1) is 10.2. The van der Waals surface area contributed by atoms with Crippen LogP contribution >= 0.6 is 22.9 Å². The summed E-state index contributed by atoms with van der Waals surface area (Å²) in [4.78, 5) is 10.9. The minimum Gasteiger partial charge on any atom is -0.390 e. The predicted molar refractivity (Wildman–Crippen MR) is 64.6 cm³/mol. The molecule has 2 N–H and O–H groups in total. The molecule has 2 rings (SSSR count). The van der Waals surface area contributed by atoms with Gasteiger partial charge in [-0.1, -0.05) is 23.7 Å². The zero-order valence-electron chi connectivity index (χ0n) is 7.74. The largest absolute Gasteiger partial charge is 0.390 e. The minimum atomic E-state index is 0.551. The van der Waals surface area contributed by atoms with Crippen molar-refractivity contribution >= 4 is 34.2 Å². The van der Waals surface area contributed by atoms with Gasteiger partial charge in [-0.2, -0.15) is 0 Å². The standard InChI is InChI=1S/C11H8ClNOS/c12-8-3-1-7(2-4-8)10-6-15-11(13)9(10)5-14/h1-6H,13H2. The Labute approximate surface area is 96.3 Å². The maximum atomic E-state index is 10.9. The number of nitrogen functional groups attached to an aromatic ring is 1. The van der Waals surface area contributed by atoms with E-state index in [9.17, 15) is 4.79 Å². The number of halogens is 1. The van der Waals surface area contributed by atoms with Crippen molar-refractivity contribution in [3.8, 4) is 11.1 Å². The Balaban J connectivity index is 2.53. The van der Waals surface area contributed by atoms with Gasteiger partial charge in [0.1, 0.15) is 0 Å². The van der Waals surface area contributed by atoms with Gasteiger partial charge in [0.2, 0.25) is 0 Å². The molecule has 0 bridgehead atoms. The van der Waals surface area contributed by atoms with Crippen molar-refractivity contribution in [2.24, 2.45) is 0 Å². The summed E-state index contributed by atoms with van der Waals surface area (Å²) in [5, 5.41) is 3.10. The molecule has 0 amide bonds. The number of hydrogen-bond acceptors (Lipinski definition) is 3. The zero-order chi connectivity index (χ0) is 10.8. The number of anilines is 1. The fraction of sp³-hybridized carbons (Fsp3) is 0. The van der Waals surface area contributed by atoms with Crippen LogP contribution in [0.2, 0.25) is 5.02 Å². The summed E-state index contributed by atoms with van der Waals surface area (Å²) >= 11 is 7.15. The Morgan fingerprint density at radius 1 is 1.27 bits per heavy atom. The predicted octanol–water partition coefficient (Wildman–Crippen LogP) is 3.46. The molecule has 0 spiro atoms. The molecule has 0 saturated heterocycles. The van der Waals surface area contributed by atoms with Crippen LogP contribution < -0.4 is 5.73 Å². The van der Waals surface area contributed by atoms with Crippen molar-refractivity contribution in [3.05, 3.63) is 40.2 Å². The van der Waals surface area contributed by atoms with Crippen molar-refractivity contribution in [1.82, 2.24) is 0 Å². The topological polar surface area (TPSA) is 43.1 Å². The number of hydrogen-bond donors (Lipinski definition) is 1. The van der Waals surface area contributed by atoms with E-state index < -0.39 is 0 Å². The molecular formula is C11H8ClNOS. The molecule has 0 atom stereocenters. The Morgan fingerprint density at radius 2 is 1.93 bits per heavy atom. The first-order valence-corrected chi connectivity index (χ1v) is 5.56. The number of nitrogens with two attached hydrogens (primary N) is 1. The lowest BCUT2D eigenvalue weighted by atomic mass is 10.1. The summed E-state index contributed by atoms with van der Waals surface area (Å²) in [5.41, 5.74) is 8.06. The number of carbonyl (C=O) groups is 1. The third-order valence-electron chi connectivity index (χ3n) is 2.13. The lowest BCUT2D eigenvalue weighted by Crippen LogP contribution is -1.88. The van der Waals surface area contributed by atoms with Crippen molar-refractivity contribution in [2.75, 3.05) is 5.73 Å². The highest BCUT2D eigenvalue weighted by atomic mass is 35.5. The van der Waals surface area contributed by atoms with Gasteiger partial charge in [-0.25, -0.2) is 0 Å². The van der Waals surface area contributed by atoms with Gasteiger partial charge in [0, 0.05) is 16.0 Å². The molecule has 2 nitrogen and oxygen atoms in total. The summed E-state index contributed by atoms with van der Waals surface area (Å²) in [5.74, 6) is 0. The van der Waals surface area contributed by atoms with Crippen molar-refractivity contribution in [3.63, 3.8) is 0 Å². The second-order valence-corrected chi connectivity index (χ2v) is 4.40. The van der Waals surface area contributed by atoms with Crippen LogP contribution in [0, 0.1) is 0 Å². The number of benzene rings is 1. The maximum absolute atomic E-state index is 10.9. The Morgan fingerprint density at radius 3 is 2.53 bits per heavy atom. The maximum Gasteiger partial charge on any atom is 0.153 e. The van der Waals surface area contributed by atoms with E-state index in [0.717, 1.165) is 17.4 Å². The molecule has 76 valence electrons. The first-order valence-electron chi connectivity index (χ1n) is 4.30. The molecule has 1 aromatic carbocycles. The first-order chi connectivity index (χ1) is 7.22. The van der Waals surface area contributed by atoms with E-state index in [-0.39, 0.29) is 0 Å². The highest BCUT2D eigenvalue weighted by molar-refractivity contribution is 7.14. The molecule has 1 aromatic heterocycles. The van der Waals surface area contributed by atoms with Crippen molar-refractivity contribution in [1.29, 1.82) is 0 Å². The molecule has 4 heteroatoms. The summed E-state index contributed by atoms with van der Waals surface area (Å²) in [6.07, 6.45) is 0.787. The normalized spacial score (nSPS) is 10.2. The van der Waals surface area contributed by atoms with Crippen LogP contribution in [0.1, 0.15) is 10.4 Å². The Bertz CT molecular complexity index is 490. The SMILES string of the molecule is Nc1scc(-c2ccc(Cl)cc2)c1C=O. The lowest BCUT2D eigenvalue weighted by molar-refractivity contribution is 0.112. The van der Waals surface area contributed by atoms with E-state index in [2.05, 4.69) is 0 Å². The average molecular weight is 238 g/mol. The zero-order valence-corrected chi connectivity index (χ0v) is 9.31. The molecule has 0 aliphatic heterocycles. The highest BCUT2D eigenvalue weighted by Crippen LogP contribution is 2.32. The molecule has 0 saturated carbocycles. The third-order valence-corrected chi connectivity index (χ3v) is 3.21. The van der Waals surface area contributed by atoms with Crippen molar-refractivity contribution in [2.45, 2.75) is 0 Å². The van der Waals surface area contributed by atoms with E-state index >= 15 is 0 Å². The lowest BCUT2D eigenvalue weighted by Gasteiger charge is -1.99. The quantitative estimate of drug-likeness (QED) is 0.813. The molecule has 0 radical (unpaired) electrons. The molecule has 0 fully saturated rings. The van der Waals surface area contributed by atoms with Gasteiger partial charge in [0.15, 0.2) is 6.29 Å². The van der Waals surface area contributed by atoms with E-state index in [1.165, 1.54) is 11.3 Å². The molecule has 2 aromatic rings. The van der Waals surface area contributed by atoms with E-state index in [1.807, 2.05) is 17.5 Å². The van der Waals surface area contributed by atoms with Crippen LogP contribution in [0.25, 0.3) is 11.1 Å². The molecular weight excluding hydrogens is 230 g/mol. The number of rotatable bonds is 2. The molecule has 0 aliphatic rings. The van der Waals surface area contributed by atoms with Gasteiger partial charge in [0.05, 0.1) is 10.6 Å². The van der Waals surface area contributed by atoms with Crippen LogP contribution in [0.15, 0.2) is 29.6 Å². The van der Waals surface area contributed by atoms with Crippen LogP contribution in [-0.4, -0.2) is 6.29 Å². The van der Waals surface area contributed by atoms with E-state index in [1.54, 1.807) is 12.1 Å². The summed E-state index contributed by atoms with van der Waals surface area (Å²) in [7, 11) is 0. The van der Waals surface area contributed by atoms with Gasteiger partial charge >= 0.3 is 0 Å². The Kier molecular flexibility index (Phi) is 2.75. The van der Waals surface area contributed by atoms with Crippen LogP contribution in [-0.2, 0) is 0 Å². The van der Waals surface area contributed by atoms with Gasteiger partial charge in [-0.3, -0.25) is 4.79 Å². The van der Waals surface area contributed by atoms with Gasteiger partial charge < -0.3 is 5.73 Å². The second-order valence-electron chi connectivity index (χ2n) is 3.05.